The Kier molecular flexibility index (Phi) is 3.33. The molecule has 0 aromatic carbocycles. The SMILES string of the molecule is CC(N)C(N1CCCO1)C(C)(C)C. The Morgan fingerprint density at radius 1 is 1.38 bits per heavy atom. The second-order valence-corrected chi connectivity index (χ2v) is 5.00. The second-order valence-electron chi connectivity index (χ2n) is 5.00. The molecule has 0 aliphatic carbocycles. The molecule has 3 nitrogen and oxygen atoms in total. The van der Waals surface area contributed by atoms with Gasteiger partial charge in [0.1, 0.15) is 0 Å². The van der Waals surface area contributed by atoms with Gasteiger partial charge in [-0.25, -0.2) is 0 Å². The van der Waals surface area contributed by atoms with Crippen molar-refractivity contribution in [2.45, 2.75) is 46.2 Å². The van der Waals surface area contributed by atoms with Crippen LogP contribution in [-0.2, 0) is 4.84 Å². The van der Waals surface area contributed by atoms with Crippen molar-refractivity contribution >= 4 is 0 Å². The van der Waals surface area contributed by atoms with E-state index in [0.717, 1.165) is 19.6 Å². The fourth-order valence-corrected chi connectivity index (χ4v) is 2.17. The van der Waals surface area contributed by atoms with Crippen molar-refractivity contribution in [1.29, 1.82) is 0 Å². The normalized spacial score (nSPS) is 24.7. The monoisotopic (exact) mass is 186 g/mol. The Labute approximate surface area is 81.2 Å². The van der Waals surface area contributed by atoms with Crippen molar-refractivity contribution in [3.63, 3.8) is 0 Å². The predicted octanol–water partition coefficient (Wildman–Crippen LogP) is 1.39. The first-order valence-electron chi connectivity index (χ1n) is 5.08. The van der Waals surface area contributed by atoms with Crippen LogP contribution in [0.1, 0.15) is 34.1 Å². The van der Waals surface area contributed by atoms with Gasteiger partial charge in [-0.15, -0.1) is 0 Å². The molecular weight excluding hydrogens is 164 g/mol. The van der Waals surface area contributed by atoms with Crippen LogP contribution in [0.15, 0.2) is 0 Å². The van der Waals surface area contributed by atoms with Crippen LogP contribution in [0.3, 0.4) is 0 Å². The third-order valence-electron chi connectivity index (χ3n) is 2.48. The number of hydroxylamine groups is 2. The van der Waals surface area contributed by atoms with Crippen molar-refractivity contribution in [3.05, 3.63) is 0 Å². The highest BCUT2D eigenvalue weighted by molar-refractivity contribution is 4.87. The first kappa shape index (κ1) is 11.0. The average Bonchev–Trinajstić information content (AvgIpc) is 2.34. The van der Waals surface area contributed by atoms with E-state index in [1.807, 2.05) is 0 Å². The molecule has 0 amide bonds. The van der Waals surface area contributed by atoms with Crippen LogP contribution in [0, 0.1) is 5.41 Å². The van der Waals surface area contributed by atoms with Gasteiger partial charge in [-0.05, 0) is 18.8 Å². The fourth-order valence-electron chi connectivity index (χ4n) is 2.17. The molecule has 2 N–H and O–H groups in total. The van der Waals surface area contributed by atoms with Crippen LogP contribution in [0.25, 0.3) is 0 Å². The molecule has 0 aromatic rings. The standard InChI is InChI=1S/C10H22N2O/c1-8(11)9(10(2,3)4)12-6-5-7-13-12/h8-9H,5-7,11H2,1-4H3. The molecule has 1 fully saturated rings. The molecule has 1 aliphatic rings. The van der Waals surface area contributed by atoms with E-state index in [1.165, 1.54) is 0 Å². The van der Waals surface area contributed by atoms with E-state index < -0.39 is 0 Å². The van der Waals surface area contributed by atoms with Crippen molar-refractivity contribution < 1.29 is 4.84 Å². The molecule has 2 atom stereocenters. The summed E-state index contributed by atoms with van der Waals surface area (Å²) in [4.78, 5) is 5.56. The summed E-state index contributed by atoms with van der Waals surface area (Å²) in [5.74, 6) is 0. The predicted molar refractivity (Wildman–Crippen MR) is 54.2 cm³/mol. The minimum absolute atomic E-state index is 0.151. The summed E-state index contributed by atoms with van der Waals surface area (Å²) in [6.45, 7) is 10.6. The van der Waals surface area contributed by atoms with E-state index in [-0.39, 0.29) is 11.5 Å². The largest absolute Gasteiger partial charge is 0.326 e. The van der Waals surface area contributed by atoms with Crippen molar-refractivity contribution in [2.24, 2.45) is 11.1 Å². The molecule has 13 heavy (non-hydrogen) atoms. The lowest BCUT2D eigenvalue weighted by Gasteiger charge is -2.39. The highest BCUT2D eigenvalue weighted by atomic mass is 16.7. The Hall–Kier alpha value is -0.120. The molecule has 3 heteroatoms. The lowest BCUT2D eigenvalue weighted by molar-refractivity contribution is -0.169. The van der Waals surface area contributed by atoms with Gasteiger partial charge in [0.15, 0.2) is 0 Å². The van der Waals surface area contributed by atoms with E-state index in [9.17, 15) is 0 Å². The topological polar surface area (TPSA) is 38.5 Å². The van der Waals surface area contributed by atoms with E-state index in [4.69, 9.17) is 10.6 Å². The van der Waals surface area contributed by atoms with Gasteiger partial charge < -0.3 is 5.73 Å². The smallest absolute Gasteiger partial charge is 0.0698 e. The van der Waals surface area contributed by atoms with Gasteiger partial charge in [0.05, 0.1) is 12.6 Å². The lowest BCUT2D eigenvalue weighted by atomic mass is 9.83. The van der Waals surface area contributed by atoms with Gasteiger partial charge >= 0.3 is 0 Å². The van der Waals surface area contributed by atoms with E-state index in [0.29, 0.717) is 6.04 Å². The summed E-state index contributed by atoms with van der Waals surface area (Å²) in [5, 5.41) is 2.06. The minimum Gasteiger partial charge on any atom is -0.326 e. The van der Waals surface area contributed by atoms with Crippen LogP contribution >= 0.6 is 0 Å². The third-order valence-corrected chi connectivity index (χ3v) is 2.48. The lowest BCUT2D eigenvalue weighted by Crippen LogP contribution is -2.52. The zero-order chi connectivity index (χ0) is 10.1. The maximum Gasteiger partial charge on any atom is 0.0698 e. The summed E-state index contributed by atoms with van der Waals surface area (Å²) >= 11 is 0. The molecule has 0 radical (unpaired) electrons. The molecule has 0 spiro atoms. The van der Waals surface area contributed by atoms with Crippen molar-refractivity contribution in [1.82, 2.24) is 5.06 Å². The molecule has 0 saturated carbocycles. The Bertz CT molecular complexity index is 157. The van der Waals surface area contributed by atoms with Gasteiger partial charge in [0.25, 0.3) is 0 Å². The summed E-state index contributed by atoms with van der Waals surface area (Å²) < 4.78 is 0. The average molecular weight is 186 g/mol. The van der Waals surface area contributed by atoms with Gasteiger partial charge in [0.2, 0.25) is 0 Å². The Morgan fingerprint density at radius 2 is 2.00 bits per heavy atom. The fraction of sp³-hybridized carbons (Fsp3) is 1.00. The maximum atomic E-state index is 5.98. The molecule has 2 unspecified atom stereocenters. The minimum atomic E-state index is 0.151. The zero-order valence-corrected chi connectivity index (χ0v) is 9.21. The van der Waals surface area contributed by atoms with Crippen LogP contribution in [0.2, 0.25) is 0 Å². The summed E-state index contributed by atoms with van der Waals surface area (Å²) in [7, 11) is 0. The molecule has 78 valence electrons. The molecule has 1 saturated heterocycles. The van der Waals surface area contributed by atoms with E-state index in [1.54, 1.807) is 0 Å². The van der Waals surface area contributed by atoms with E-state index >= 15 is 0 Å². The van der Waals surface area contributed by atoms with Crippen LogP contribution in [-0.4, -0.2) is 30.3 Å². The highest BCUT2D eigenvalue weighted by Gasteiger charge is 2.35. The number of hydrogen-bond acceptors (Lipinski definition) is 3. The van der Waals surface area contributed by atoms with E-state index in [2.05, 4.69) is 32.8 Å². The number of rotatable bonds is 2. The van der Waals surface area contributed by atoms with Gasteiger partial charge in [-0.3, -0.25) is 4.84 Å². The summed E-state index contributed by atoms with van der Waals surface area (Å²) in [6, 6.07) is 0.466. The zero-order valence-electron chi connectivity index (χ0n) is 9.21. The molecule has 1 aliphatic heterocycles. The van der Waals surface area contributed by atoms with Crippen LogP contribution in [0.4, 0.5) is 0 Å². The molecular formula is C10H22N2O. The summed E-state index contributed by atoms with van der Waals surface area (Å²) in [6.07, 6.45) is 1.12. The van der Waals surface area contributed by atoms with Gasteiger partial charge in [0, 0.05) is 12.6 Å². The Morgan fingerprint density at radius 3 is 2.31 bits per heavy atom. The quantitative estimate of drug-likeness (QED) is 0.708. The Balaban J connectivity index is 2.67. The van der Waals surface area contributed by atoms with Crippen molar-refractivity contribution in [2.75, 3.05) is 13.2 Å². The first-order valence-corrected chi connectivity index (χ1v) is 5.08. The van der Waals surface area contributed by atoms with Gasteiger partial charge in [-0.2, -0.15) is 5.06 Å². The van der Waals surface area contributed by atoms with Gasteiger partial charge in [-0.1, -0.05) is 20.8 Å². The highest BCUT2D eigenvalue weighted by Crippen LogP contribution is 2.28. The number of nitrogens with zero attached hydrogens (tertiary/aromatic N) is 1. The number of hydrogen-bond donors (Lipinski definition) is 1. The van der Waals surface area contributed by atoms with Crippen LogP contribution in [0.5, 0.6) is 0 Å². The van der Waals surface area contributed by atoms with Crippen LogP contribution < -0.4 is 5.73 Å². The molecule has 0 aromatic heterocycles. The summed E-state index contributed by atoms with van der Waals surface area (Å²) in [5.41, 5.74) is 6.16. The second kappa shape index (κ2) is 3.95. The number of nitrogens with two attached hydrogens (primary N) is 1. The van der Waals surface area contributed by atoms with Crippen molar-refractivity contribution in [3.8, 4) is 0 Å². The first-order chi connectivity index (χ1) is 5.93. The maximum absolute atomic E-state index is 5.98. The third kappa shape index (κ3) is 2.66. The molecule has 0 bridgehead atoms. The molecule has 1 heterocycles. The molecule has 1 rings (SSSR count).